The monoisotopic (exact) mass is 904 g/mol. The Labute approximate surface area is 370 Å². The van der Waals surface area contributed by atoms with E-state index < -0.39 is 20.0 Å². The van der Waals surface area contributed by atoms with Gasteiger partial charge in [-0.05, 0) is 109 Å². The zero-order valence-electron chi connectivity index (χ0n) is 35.7. The SMILES string of the molecule is Cc1ccncc1-c1cc2cc(NC(=O)[C@@H]3C[C@]34CCN(S(C)(=O)=O)C4)ncc2c(N)n1.Cc1ccncc1-c1cc2cc(NC(=O)[C@H]3C[C@@]34CCN(S(C)(=O)=O)C4)ncc2c(N)n1. The smallest absolute Gasteiger partial charge is 0.229 e. The third-order valence-electron chi connectivity index (χ3n) is 13.3. The number of anilines is 4. The number of aromatic nitrogens is 6. The number of nitrogens with zero attached hydrogens (tertiary/aromatic N) is 8. The van der Waals surface area contributed by atoms with Crippen LogP contribution in [-0.4, -0.2) is 106 Å². The Bertz CT molecular complexity index is 2930. The van der Waals surface area contributed by atoms with Crippen LogP contribution in [0.25, 0.3) is 44.1 Å². The normalized spacial score (nSPS) is 23.0. The summed E-state index contributed by atoms with van der Waals surface area (Å²) in [6.07, 6.45) is 15.4. The second-order valence-electron chi connectivity index (χ2n) is 17.7. The largest absolute Gasteiger partial charge is 0.383 e. The van der Waals surface area contributed by atoms with Gasteiger partial charge in [0.15, 0.2) is 0 Å². The molecule has 10 rings (SSSR count). The maximum Gasteiger partial charge on any atom is 0.229 e. The van der Waals surface area contributed by atoms with Gasteiger partial charge in [0.1, 0.15) is 23.3 Å². The van der Waals surface area contributed by atoms with Crippen LogP contribution >= 0.6 is 0 Å². The number of nitrogens with one attached hydrogen (secondary N) is 2. The van der Waals surface area contributed by atoms with E-state index in [9.17, 15) is 26.4 Å². The van der Waals surface area contributed by atoms with Crippen molar-refractivity contribution < 1.29 is 26.4 Å². The van der Waals surface area contributed by atoms with Crippen molar-refractivity contribution in [1.82, 2.24) is 38.5 Å². The Kier molecular flexibility index (Phi) is 10.6. The average Bonchev–Trinajstić information content (AvgIpc) is 3.99. The lowest BCUT2D eigenvalue weighted by atomic mass is 10.0. The fourth-order valence-corrected chi connectivity index (χ4v) is 11.1. The molecular formula is C44H48N12O6S2. The van der Waals surface area contributed by atoms with Crippen LogP contribution in [0, 0.1) is 36.5 Å². The van der Waals surface area contributed by atoms with Crippen molar-refractivity contribution in [2.75, 3.05) is 60.8 Å². The number of carbonyl (C=O) groups excluding carboxylic acids is 2. The summed E-state index contributed by atoms with van der Waals surface area (Å²) in [5.41, 5.74) is 17.1. The van der Waals surface area contributed by atoms with Crippen LogP contribution in [0.4, 0.5) is 23.3 Å². The minimum absolute atomic E-state index is 0.127. The van der Waals surface area contributed by atoms with Crippen molar-refractivity contribution in [2.24, 2.45) is 22.7 Å². The van der Waals surface area contributed by atoms with Crippen LogP contribution < -0.4 is 22.1 Å². The highest BCUT2D eigenvalue weighted by Gasteiger charge is 2.62. The molecule has 6 aromatic heterocycles. The molecule has 2 aliphatic carbocycles. The number of hydrogen-bond acceptors (Lipinski definition) is 14. The molecule has 4 aliphatic rings. The lowest BCUT2D eigenvalue weighted by Gasteiger charge is -2.13. The molecule has 4 atom stereocenters. The second-order valence-corrected chi connectivity index (χ2v) is 21.6. The van der Waals surface area contributed by atoms with Crippen molar-refractivity contribution in [3.8, 4) is 22.5 Å². The van der Waals surface area contributed by atoms with E-state index >= 15 is 0 Å². The molecule has 0 unspecified atom stereocenters. The molecule has 0 aromatic carbocycles. The van der Waals surface area contributed by atoms with Gasteiger partial charge >= 0.3 is 0 Å². The molecule has 64 heavy (non-hydrogen) atoms. The predicted octanol–water partition coefficient (Wildman–Crippen LogP) is 4.39. The standard InChI is InChI=1S/2C22H24N6O3S/c2*1-13-3-5-24-10-15(13)18-7-14-8-19(25-11-16(14)20(23)26-18)27-21(29)17-9-22(17)4-6-28(12-22)32(2,30)31/h2*3,5,7-8,10-11,17H,4,6,9,12H2,1-2H3,(H2,23,26)(H,25,27,29)/t2*17-,22-/m10/s1. The molecule has 2 amide bonds. The Morgan fingerprint density at radius 3 is 1.42 bits per heavy atom. The van der Waals surface area contributed by atoms with E-state index in [0.717, 1.165) is 33.0 Å². The molecule has 2 saturated heterocycles. The molecular weight excluding hydrogens is 857 g/mol. The van der Waals surface area contributed by atoms with Gasteiger partial charge in [0, 0.05) is 97.1 Å². The average molecular weight is 905 g/mol. The molecule has 2 aliphatic heterocycles. The van der Waals surface area contributed by atoms with E-state index in [1.165, 1.54) is 21.1 Å². The fourth-order valence-electron chi connectivity index (χ4n) is 9.27. The van der Waals surface area contributed by atoms with Crippen LogP contribution in [0.1, 0.15) is 36.8 Å². The lowest BCUT2D eigenvalue weighted by Crippen LogP contribution is -2.28. The van der Waals surface area contributed by atoms with E-state index in [2.05, 4.69) is 40.5 Å². The van der Waals surface area contributed by atoms with Gasteiger partial charge in [-0.3, -0.25) is 19.6 Å². The van der Waals surface area contributed by atoms with Crippen molar-refractivity contribution in [3.05, 3.63) is 84.7 Å². The Hall–Kier alpha value is -6.22. The van der Waals surface area contributed by atoms with Gasteiger partial charge in [-0.1, -0.05) is 0 Å². The van der Waals surface area contributed by atoms with Crippen LogP contribution in [-0.2, 0) is 29.6 Å². The number of hydrogen-bond donors (Lipinski definition) is 4. The van der Waals surface area contributed by atoms with E-state index in [0.29, 0.717) is 97.3 Å². The Morgan fingerprint density at radius 1 is 0.656 bits per heavy atom. The van der Waals surface area contributed by atoms with Crippen LogP contribution in [0.2, 0.25) is 0 Å². The third-order valence-corrected chi connectivity index (χ3v) is 15.8. The summed E-state index contributed by atoms with van der Waals surface area (Å²) in [5.74, 6) is 0.919. The van der Waals surface area contributed by atoms with Crippen molar-refractivity contribution in [1.29, 1.82) is 0 Å². The van der Waals surface area contributed by atoms with E-state index in [1.54, 1.807) is 49.3 Å². The van der Waals surface area contributed by atoms with Crippen LogP contribution in [0.5, 0.6) is 0 Å². The molecule has 6 aromatic rings. The Morgan fingerprint density at radius 2 is 1.06 bits per heavy atom. The number of rotatable bonds is 8. The van der Waals surface area contributed by atoms with Gasteiger partial charge in [0.05, 0.1) is 23.9 Å². The van der Waals surface area contributed by atoms with E-state index in [4.69, 9.17) is 11.5 Å². The molecule has 332 valence electrons. The predicted molar refractivity (Wildman–Crippen MR) is 244 cm³/mol. The summed E-state index contributed by atoms with van der Waals surface area (Å²) >= 11 is 0. The fraction of sp³-hybridized carbons (Fsp3) is 0.364. The van der Waals surface area contributed by atoms with Crippen molar-refractivity contribution in [2.45, 2.75) is 39.5 Å². The quantitative estimate of drug-likeness (QED) is 0.165. The summed E-state index contributed by atoms with van der Waals surface area (Å²) in [4.78, 5) is 51.7. The molecule has 0 bridgehead atoms. The molecule has 4 fully saturated rings. The topological polar surface area (TPSA) is 262 Å². The molecule has 2 saturated carbocycles. The van der Waals surface area contributed by atoms with E-state index in [1.807, 2.05) is 38.1 Å². The number of nitrogens with two attached hydrogens (primary N) is 2. The molecule has 2 spiro atoms. The third kappa shape index (κ3) is 8.33. The highest BCUT2D eigenvalue weighted by atomic mass is 32.2. The highest BCUT2D eigenvalue weighted by Crippen LogP contribution is 2.60. The first-order valence-corrected chi connectivity index (χ1v) is 24.5. The van der Waals surface area contributed by atoms with Crippen LogP contribution in [0.15, 0.2) is 73.6 Å². The number of pyridine rings is 6. The number of carbonyl (C=O) groups is 2. The lowest BCUT2D eigenvalue weighted by molar-refractivity contribution is -0.118. The number of nitrogen functional groups attached to an aromatic ring is 2. The van der Waals surface area contributed by atoms with Gasteiger partial charge < -0.3 is 22.1 Å². The Balaban J connectivity index is 0.000000162. The molecule has 0 radical (unpaired) electrons. The minimum atomic E-state index is -3.23. The van der Waals surface area contributed by atoms with Gasteiger partial charge in [-0.2, -0.15) is 0 Å². The maximum absolute atomic E-state index is 12.9. The first kappa shape index (κ1) is 43.1. The van der Waals surface area contributed by atoms with Gasteiger partial charge in [0.25, 0.3) is 0 Å². The number of amides is 2. The molecule has 6 N–H and O–H groups in total. The highest BCUT2D eigenvalue weighted by molar-refractivity contribution is 7.88. The zero-order valence-corrected chi connectivity index (χ0v) is 37.4. The first-order chi connectivity index (χ1) is 30.3. The molecule has 20 heteroatoms. The summed E-state index contributed by atoms with van der Waals surface area (Å²) in [6.45, 7) is 5.73. The minimum Gasteiger partial charge on any atom is -0.383 e. The molecule has 8 heterocycles. The summed E-state index contributed by atoms with van der Waals surface area (Å²) in [5, 5.41) is 8.84. The number of aryl methyl sites for hydroxylation is 2. The number of fused-ring (bicyclic) bond motifs is 2. The second kappa shape index (κ2) is 15.8. The van der Waals surface area contributed by atoms with Crippen molar-refractivity contribution in [3.63, 3.8) is 0 Å². The first-order valence-electron chi connectivity index (χ1n) is 20.8. The summed E-state index contributed by atoms with van der Waals surface area (Å²) in [7, 11) is -6.47. The van der Waals surface area contributed by atoms with Gasteiger partial charge in [0.2, 0.25) is 31.9 Å². The van der Waals surface area contributed by atoms with Crippen molar-refractivity contribution >= 4 is 76.7 Å². The molecule has 18 nitrogen and oxygen atoms in total. The van der Waals surface area contributed by atoms with Gasteiger partial charge in [-0.25, -0.2) is 45.4 Å². The summed E-state index contributed by atoms with van der Waals surface area (Å²) in [6, 6.07) is 11.2. The maximum atomic E-state index is 12.9. The van der Waals surface area contributed by atoms with Gasteiger partial charge in [-0.15, -0.1) is 0 Å². The zero-order chi connectivity index (χ0) is 45.3. The number of sulfonamides is 2. The van der Waals surface area contributed by atoms with Crippen LogP contribution in [0.3, 0.4) is 0 Å². The summed E-state index contributed by atoms with van der Waals surface area (Å²) < 4.78 is 50.2. The van der Waals surface area contributed by atoms with E-state index in [-0.39, 0.29) is 34.5 Å².